The van der Waals surface area contributed by atoms with Crippen molar-refractivity contribution in [2.75, 3.05) is 13.2 Å². The number of hydrogen-bond donors (Lipinski definition) is 2. The number of primary amides is 1. The highest BCUT2D eigenvalue weighted by Gasteiger charge is 2.21. The Morgan fingerprint density at radius 3 is 2.38 bits per heavy atom. The molecule has 0 saturated heterocycles. The number of hydrogen-bond acceptors (Lipinski definition) is 4. The van der Waals surface area contributed by atoms with E-state index in [-0.39, 0.29) is 0 Å². The van der Waals surface area contributed by atoms with E-state index < -0.39 is 17.9 Å². The molecule has 0 aromatic heterocycles. The first kappa shape index (κ1) is 19.3. The number of rotatable bonds is 9. The summed E-state index contributed by atoms with van der Waals surface area (Å²) in [5.74, 6) is 0.0295. The number of carbonyl (C=O) groups is 2. The van der Waals surface area contributed by atoms with E-state index in [4.69, 9.17) is 15.2 Å². The summed E-state index contributed by atoms with van der Waals surface area (Å²) < 4.78 is 11.2. The van der Waals surface area contributed by atoms with Crippen LogP contribution in [0.2, 0.25) is 0 Å². The number of carbonyl (C=O) groups excluding carboxylic acids is 2. The summed E-state index contributed by atoms with van der Waals surface area (Å²) in [6.07, 6.45) is 0.866. The van der Waals surface area contributed by atoms with Crippen LogP contribution in [0.4, 0.5) is 0 Å². The van der Waals surface area contributed by atoms with Crippen molar-refractivity contribution in [2.45, 2.75) is 26.3 Å². The average molecular weight is 356 g/mol. The molecule has 26 heavy (non-hydrogen) atoms. The van der Waals surface area contributed by atoms with Crippen LogP contribution in [0.25, 0.3) is 0 Å². The summed E-state index contributed by atoms with van der Waals surface area (Å²) in [7, 11) is 0. The van der Waals surface area contributed by atoms with E-state index in [2.05, 4.69) is 5.32 Å². The molecule has 6 heteroatoms. The molecule has 0 heterocycles. The minimum absolute atomic E-state index is 0.361. The summed E-state index contributed by atoms with van der Waals surface area (Å²) in [6, 6.07) is 12.9. The summed E-state index contributed by atoms with van der Waals surface area (Å²) in [5.41, 5.74) is 6.44. The van der Waals surface area contributed by atoms with Gasteiger partial charge in [-0.25, -0.2) is 0 Å². The highest BCUT2D eigenvalue weighted by Crippen LogP contribution is 2.29. The largest absolute Gasteiger partial charge is 0.490 e. The first-order chi connectivity index (χ1) is 12.6. The third-order valence-electron chi connectivity index (χ3n) is 3.66. The highest BCUT2D eigenvalue weighted by atomic mass is 16.5. The van der Waals surface area contributed by atoms with Gasteiger partial charge in [0.2, 0.25) is 5.91 Å². The quantitative estimate of drug-likeness (QED) is 0.723. The molecular weight excluding hydrogens is 332 g/mol. The van der Waals surface area contributed by atoms with Gasteiger partial charge in [0.1, 0.15) is 6.04 Å². The topological polar surface area (TPSA) is 90.6 Å². The van der Waals surface area contributed by atoms with Crippen molar-refractivity contribution < 1.29 is 19.1 Å². The van der Waals surface area contributed by atoms with Crippen LogP contribution in [0.3, 0.4) is 0 Å². The second-order valence-corrected chi connectivity index (χ2v) is 5.66. The van der Waals surface area contributed by atoms with Crippen LogP contribution in [0.1, 0.15) is 42.2 Å². The molecule has 0 aliphatic heterocycles. The first-order valence-corrected chi connectivity index (χ1v) is 8.61. The molecule has 6 nitrogen and oxygen atoms in total. The molecule has 2 aromatic rings. The maximum atomic E-state index is 12.6. The standard InChI is InChI=1S/C20H24N2O4/c1-3-12-26-16-11-10-15(13-17(16)25-4-2)20(24)22-18(19(21)23)14-8-6-5-7-9-14/h5-11,13,18H,3-4,12H2,1-2H3,(H2,21,23)(H,22,24). The molecule has 1 unspecified atom stereocenters. The zero-order valence-corrected chi connectivity index (χ0v) is 15.0. The molecule has 3 N–H and O–H groups in total. The fraction of sp³-hybridized carbons (Fsp3) is 0.300. The molecule has 1 atom stereocenters. The zero-order chi connectivity index (χ0) is 18.9. The van der Waals surface area contributed by atoms with Gasteiger partial charge in [-0.1, -0.05) is 37.3 Å². The molecule has 0 aliphatic carbocycles. The minimum atomic E-state index is -0.907. The van der Waals surface area contributed by atoms with Gasteiger partial charge in [-0.2, -0.15) is 0 Å². The SMILES string of the molecule is CCCOc1ccc(C(=O)NC(C(N)=O)c2ccccc2)cc1OCC. The van der Waals surface area contributed by atoms with Gasteiger partial charge in [0.25, 0.3) is 5.91 Å². The van der Waals surface area contributed by atoms with E-state index in [1.807, 2.05) is 19.9 Å². The highest BCUT2D eigenvalue weighted by molar-refractivity contribution is 5.98. The van der Waals surface area contributed by atoms with Gasteiger partial charge in [-0.15, -0.1) is 0 Å². The van der Waals surface area contributed by atoms with Crippen LogP contribution in [-0.4, -0.2) is 25.0 Å². The molecule has 138 valence electrons. The normalized spacial score (nSPS) is 11.5. The maximum Gasteiger partial charge on any atom is 0.252 e. The van der Waals surface area contributed by atoms with Crippen molar-refractivity contribution in [3.63, 3.8) is 0 Å². The Hall–Kier alpha value is -3.02. The van der Waals surface area contributed by atoms with E-state index in [0.29, 0.717) is 35.8 Å². The van der Waals surface area contributed by atoms with Gasteiger partial charge in [0.05, 0.1) is 13.2 Å². The molecule has 0 spiro atoms. The van der Waals surface area contributed by atoms with Crippen LogP contribution in [-0.2, 0) is 4.79 Å². The van der Waals surface area contributed by atoms with Gasteiger partial charge in [0.15, 0.2) is 11.5 Å². The van der Waals surface area contributed by atoms with E-state index in [0.717, 1.165) is 6.42 Å². The molecule has 0 saturated carbocycles. The van der Waals surface area contributed by atoms with Crippen LogP contribution in [0.15, 0.2) is 48.5 Å². The smallest absolute Gasteiger partial charge is 0.252 e. The summed E-state index contributed by atoms with van der Waals surface area (Å²) in [5, 5.41) is 2.67. The van der Waals surface area contributed by atoms with Crippen LogP contribution >= 0.6 is 0 Å². The Balaban J connectivity index is 2.22. The summed E-state index contributed by atoms with van der Waals surface area (Å²) in [6.45, 7) is 4.87. The number of nitrogens with one attached hydrogen (secondary N) is 1. The molecule has 2 amide bonds. The lowest BCUT2D eigenvalue weighted by Gasteiger charge is -2.17. The fourth-order valence-electron chi connectivity index (χ4n) is 2.43. The van der Waals surface area contributed by atoms with Gasteiger partial charge >= 0.3 is 0 Å². The lowest BCUT2D eigenvalue weighted by molar-refractivity contribution is -0.120. The number of benzene rings is 2. The number of ether oxygens (including phenoxy) is 2. The molecular formula is C20H24N2O4. The monoisotopic (exact) mass is 356 g/mol. The number of nitrogens with two attached hydrogens (primary N) is 1. The molecule has 2 rings (SSSR count). The predicted molar refractivity (Wildman–Crippen MR) is 99.2 cm³/mol. The lowest BCUT2D eigenvalue weighted by Crippen LogP contribution is -2.37. The zero-order valence-electron chi connectivity index (χ0n) is 15.0. The van der Waals surface area contributed by atoms with Gasteiger partial charge in [-0.05, 0) is 37.1 Å². The van der Waals surface area contributed by atoms with Gasteiger partial charge in [-0.3, -0.25) is 9.59 Å². The summed E-state index contributed by atoms with van der Waals surface area (Å²) >= 11 is 0. The van der Waals surface area contributed by atoms with E-state index >= 15 is 0 Å². The number of amides is 2. The Morgan fingerprint density at radius 1 is 1.04 bits per heavy atom. The van der Waals surface area contributed by atoms with E-state index in [1.54, 1.807) is 42.5 Å². The fourth-order valence-corrected chi connectivity index (χ4v) is 2.43. The third-order valence-corrected chi connectivity index (χ3v) is 3.66. The van der Waals surface area contributed by atoms with Crippen molar-refractivity contribution in [1.82, 2.24) is 5.32 Å². The minimum Gasteiger partial charge on any atom is -0.490 e. The summed E-state index contributed by atoms with van der Waals surface area (Å²) in [4.78, 5) is 24.4. The molecule has 0 bridgehead atoms. The molecule has 2 aromatic carbocycles. The Bertz CT molecular complexity index is 747. The Labute approximate surface area is 153 Å². The first-order valence-electron chi connectivity index (χ1n) is 8.61. The Morgan fingerprint density at radius 2 is 1.77 bits per heavy atom. The van der Waals surface area contributed by atoms with Crippen molar-refractivity contribution >= 4 is 11.8 Å². The average Bonchev–Trinajstić information content (AvgIpc) is 2.65. The second kappa shape index (κ2) is 9.46. The van der Waals surface area contributed by atoms with Crippen LogP contribution < -0.4 is 20.5 Å². The van der Waals surface area contributed by atoms with E-state index in [9.17, 15) is 9.59 Å². The molecule has 0 fully saturated rings. The second-order valence-electron chi connectivity index (χ2n) is 5.66. The van der Waals surface area contributed by atoms with Crippen molar-refractivity contribution in [2.24, 2.45) is 5.73 Å². The maximum absolute atomic E-state index is 12.6. The molecule has 0 radical (unpaired) electrons. The third kappa shape index (κ3) is 4.99. The van der Waals surface area contributed by atoms with Crippen molar-refractivity contribution in [1.29, 1.82) is 0 Å². The van der Waals surface area contributed by atoms with Crippen molar-refractivity contribution in [3.8, 4) is 11.5 Å². The van der Waals surface area contributed by atoms with Crippen LogP contribution in [0.5, 0.6) is 11.5 Å². The van der Waals surface area contributed by atoms with Crippen molar-refractivity contribution in [3.05, 3.63) is 59.7 Å². The van der Waals surface area contributed by atoms with Gasteiger partial charge < -0.3 is 20.5 Å². The molecule has 0 aliphatic rings. The Kier molecular flexibility index (Phi) is 7.02. The lowest BCUT2D eigenvalue weighted by atomic mass is 10.1. The predicted octanol–water partition coefficient (Wildman–Crippen LogP) is 2.83. The van der Waals surface area contributed by atoms with Gasteiger partial charge in [0, 0.05) is 5.56 Å². The van der Waals surface area contributed by atoms with Crippen LogP contribution in [0, 0.1) is 0 Å². The van der Waals surface area contributed by atoms with E-state index in [1.165, 1.54) is 0 Å².